The topological polar surface area (TPSA) is 58.6 Å². The number of rotatable bonds is 5. The fourth-order valence-electron chi connectivity index (χ4n) is 2.33. The molecule has 1 N–H and O–H groups in total. The fourth-order valence-corrected chi connectivity index (χ4v) is 3.80. The summed E-state index contributed by atoms with van der Waals surface area (Å²) in [6.45, 7) is 4.24. The highest BCUT2D eigenvalue weighted by atomic mass is 32.2. The lowest BCUT2D eigenvalue weighted by Gasteiger charge is -2.35. The van der Waals surface area contributed by atoms with Gasteiger partial charge in [0.25, 0.3) is 10.2 Å². The van der Waals surface area contributed by atoms with Crippen LogP contribution in [-0.2, 0) is 21.4 Å². The average molecular weight is 334 g/mol. The van der Waals surface area contributed by atoms with Gasteiger partial charge in [-0.05, 0) is 31.9 Å². The van der Waals surface area contributed by atoms with Crippen LogP contribution < -0.4 is 4.72 Å². The Morgan fingerprint density at radius 2 is 2.09 bits per heavy atom. The van der Waals surface area contributed by atoms with Crippen LogP contribution in [0.1, 0.15) is 19.4 Å². The maximum Gasteiger partial charge on any atom is 0.279 e. The van der Waals surface area contributed by atoms with Gasteiger partial charge in [0, 0.05) is 25.2 Å². The highest BCUT2D eigenvalue weighted by Gasteiger charge is 2.32. The molecule has 5 nitrogen and oxygen atoms in total. The second-order valence-electron chi connectivity index (χ2n) is 5.45. The van der Waals surface area contributed by atoms with E-state index in [0.29, 0.717) is 6.61 Å². The highest BCUT2D eigenvalue weighted by molar-refractivity contribution is 7.87. The Bertz CT molecular complexity index is 625. The number of hydrogen-bond donors (Lipinski definition) is 1. The third-order valence-electron chi connectivity index (χ3n) is 3.55. The van der Waals surface area contributed by atoms with Gasteiger partial charge >= 0.3 is 0 Å². The van der Waals surface area contributed by atoms with E-state index in [0.717, 1.165) is 12.1 Å². The SMILES string of the molecule is C[C@@H]1CN(S(=O)(=O)NCCc2ccc(F)cc2F)[C@H](C)CO1. The van der Waals surface area contributed by atoms with Crippen LogP contribution in [-0.4, -0.2) is 44.6 Å². The summed E-state index contributed by atoms with van der Waals surface area (Å²) in [5.41, 5.74) is 0.271. The molecule has 0 aromatic heterocycles. The first-order valence-corrected chi connectivity index (χ1v) is 8.55. The molecular formula is C14H20F2N2O3S. The number of nitrogens with zero attached hydrogens (tertiary/aromatic N) is 1. The Kier molecular flexibility index (Phi) is 5.49. The molecule has 8 heteroatoms. The van der Waals surface area contributed by atoms with E-state index in [1.54, 1.807) is 6.92 Å². The first-order chi connectivity index (χ1) is 10.3. The number of morpholine rings is 1. The van der Waals surface area contributed by atoms with E-state index >= 15 is 0 Å². The zero-order valence-corrected chi connectivity index (χ0v) is 13.4. The third kappa shape index (κ3) is 4.22. The van der Waals surface area contributed by atoms with Crippen LogP contribution in [0.4, 0.5) is 8.78 Å². The Morgan fingerprint density at radius 3 is 2.77 bits per heavy atom. The van der Waals surface area contributed by atoms with Crippen molar-refractivity contribution in [1.82, 2.24) is 9.03 Å². The second kappa shape index (κ2) is 6.99. The fraction of sp³-hybridized carbons (Fsp3) is 0.571. The molecule has 2 atom stereocenters. The number of benzene rings is 1. The highest BCUT2D eigenvalue weighted by Crippen LogP contribution is 2.15. The van der Waals surface area contributed by atoms with Gasteiger partial charge in [0.2, 0.25) is 0 Å². The molecule has 1 heterocycles. The molecule has 2 rings (SSSR count). The average Bonchev–Trinajstić information content (AvgIpc) is 2.44. The van der Waals surface area contributed by atoms with Gasteiger partial charge in [-0.25, -0.2) is 13.5 Å². The Morgan fingerprint density at radius 1 is 1.36 bits per heavy atom. The maximum absolute atomic E-state index is 13.5. The van der Waals surface area contributed by atoms with Crippen LogP contribution in [0.5, 0.6) is 0 Å². The van der Waals surface area contributed by atoms with Gasteiger partial charge in [-0.3, -0.25) is 0 Å². The molecule has 22 heavy (non-hydrogen) atoms. The summed E-state index contributed by atoms with van der Waals surface area (Å²) in [5, 5.41) is 0. The number of ether oxygens (including phenoxy) is 1. The largest absolute Gasteiger partial charge is 0.375 e. The first-order valence-electron chi connectivity index (χ1n) is 7.11. The molecule has 0 amide bonds. The van der Waals surface area contributed by atoms with E-state index in [9.17, 15) is 17.2 Å². The lowest BCUT2D eigenvalue weighted by Crippen LogP contribution is -2.54. The summed E-state index contributed by atoms with van der Waals surface area (Å²) in [6, 6.07) is 3.00. The smallest absolute Gasteiger partial charge is 0.279 e. The van der Waals surface area contributed by atoms with Crippen molar-refractivity contribution in [3.63, 3.8) is 0 Å². The summed E-state index contributed by atoms with van der Waals surface area (Å²) in [7, 11) is -3.65. The molecule has 1 aliphatic heterocycles. The van der Waals surface area contributed by atoms with Crippen LogP contribution in [0.3, 0.4) is 0 Å². The quantitative estimate of drug-likeness (QED) is 0.887. The summed E-state index contributed by atoms with van der Waals surface area (Å²) in [6.07, 6.45) is -0.0121. The van der Waals surface area contributed by atoms with Crippen molar-refractivity contribution < 1.29 is 21.9 Å². The van der Waals surface area contributed by atoms with Gasteiger partial charge < -0.3 is 4.74 Å². The minimum absolute atomic E-state index is 0.0450. The van der Waals surface area contributed by atoms with E-state index in [2.05, 4.69) is 4.72 Å². The van der Waals surface area contributed by atoms with Crippen molar-refractivity contribution >= 4 is 10.2 Å². The summed E-state index contributed by atoms with van der Waals surface area (Å²) in [4.78, 5) is 0. The molecule has 1 saturated heterocycles. The molecular weight excluding hydrogens is 314 g/mol. The molecule has 0 saturated carbocycles. The van der Waals surface area contributed by atoms with Gasteiger partial charge in [-0.1, -0.05) is 6.07 Å². The summed E-state index contributed by atoms with van der Waals surface area (Å²) in [5.74, 6) is -1.33. The number of halogens is 2. The summed E-state index contributed by atoms with van der Waals surface area (Å²) >= 11 is 0. The Hall–Kier alpha value is -1.09. The molecule has 124 valence electrons. The molecule has 0 unspecified atom stereocenters. The van der Waals surface area contributed by atoms with Gasteiger partial charge in [0.05, 0.1) is 12.7 Å². The van der Waals surface area contributed by atoms with Crippen molar-refractivity contribution in [2.75, 3.05) is 19.7 Å². The molecule has 0 spiro atoms. The molecule has 1 aliphatic rings. The van der Waals surface area contributed by atoms with Crippen molar-refractivity contribution in [2.24, 2.45) is 0 Å². The molecule has 0 aliphatic carbocycles. The van der Waals surface area contributed by atoms with E-state index < -0.39 is 21.8 Å². The standard InChI is InChI=1S/C14H20F2N2O3S/c1-10-9-21-11(2)8-18(10)22(19,20)17-6-5-12-3-4-13(15)7-14(12)16/h3-4,7,10-11,17H,5-6,8-9H2,1-2H3/t10-,11-/m1/s1. The van der Waals surface area contributed by atoms with Crippen LogP contribution in [0.25, 0.3) is 0 Å². The molecule has 0 bridgehead atoms. The van der Waals surface area contributed by atoms with E-state index in [-0.39, 0.29) is 37.2 Å². The minimum atomic E-state index is -3.65. The van der Waals surface area contributed by atoms with Crippen molar-refractivity contribution in [2.45, 2.75) is 32.4 Å². The van der Waals surface area contributed by atoms with Crippen LogP contribution in [0.2, 0.25) is 0 Å². The molecule has 1 aromatic rings. The predicted octanol–water partition coefficient (Wildman–Crippen LogP) is 1.45. The van der Waals surface area contributed by atoms with Crippen LogP contribution >= 0.6 is 0 Å². The number of hydrogen-bond acceptors (Lipinski definition) is 3. The van der Waals surface area contributed by atoms with Crippen molar-refractivity contribution in [3.8, 4) is 0 Å². The maximum atomic E-state index is 13.5. The minimum Gasteiger partial charge on any atom is -0.375 e. The Balaban J connectivity index is 1.95. The Labute approximate surface area is 129 Å². The third-order valence-corrected chi connectivity index (χ3v) is 5.25. The number of nitrogens with one attached hydrogen (secondary N) is 1. The zero-order chi connectivity index (χ0) is 16.3. The van der Waals surface area contributed by atoms with Gasteiger partial charge in [0.1, 0.15) is 11.6 Å². The van der Waals surface area contributed by atoms with Crippen molar-refractivity contribution in [1.29, 1.82) is 0 Å². The van der Waals surface area contributed by atoms with E-state index in [1.807, 2.05) is 6.92 Å². The molecule has 0 radical (unpaired) electrons. The van der Waals surface area contributed by atoms with E-state index in [4.69, 9.17) is 4.74 Å². The monoisotopic (exact) mass is 334 g/mol. The van der Waals surface area contributed by atoms with Gasteiger partial charge in [-0.15, -0.1) is 0 Å². The lowest BCUT2D eigenvalue weighted by atomic mass is 10.1. The van der Waals surface area contributed by atoms with Crippen molar-refractivity contribution in [3.05, 3.63) is 35.4 Å². The lowest BCUT2D eigenvalue weighted by molar-refractivity contribution is -0.0174. The summed E-state index contributed by atoms with van der Waals surface area (Å²) < 4.78 is 60.1. The van der Waals surface area contributed by atoms with E-state index in [1.165, 1.54) is 10.4 Å². The van der Waals surface area contributed by atoms with Gasteiger partial charge in [-0.2, -0.15) is 12.7 Å². The first kappa shape index (κ1) is 17.3. The van der Waals surface area contributed by atoms with Crippen LogP contribution in [0.15, 0.2) is 18.2 Å². The van der Waals surface area contributed by atoms with Gasteiger partial charge in [0.15, 0.2) is 0 Å². The zero-order valence-electron chi connectivity index (χ0n) is 12.6. The second-order valence-corrected chi connectivity index (χ2v) is 7.16. The normalized spacial score (nSPS) is 23.6. The molecule has 1 aromatic carbocycles. The molecule has 1 fully saturated rings. The predicted molar refractivity (Wildman–Crippen MR) is 78.6 cm³/mol. The van der Waals surface area contributed by atoms with Crippen LogP contribution in [0, 0.1) is 11.6 Å².